The maximum atomic E-state index is 11.5. The van der Waals surface area contributed by atoms with Crippen molar-refractivity contribution in [3.8, 4) is 0 Å². The smallest absolute Gasteiger partial charge is 0.223 e. The normalized spacial score (nSPS) is 16.5. The van der Waals surface area contributed by atoms with Crippen molar-refractivity contribution in [1.29, 1.82) is 0 Å². The zero-order valence-electron chi connectivity index (χ0n) is 8.42. The predicted molar refractivity (Wildman–Crippen MR) is 57.8 cm³/mol. The molecule has 1 aliphatic heterocycles. The van der Waals surface area contributed by atoms with Crippen LogP contribution in [0.15, 0.2) is 0 Å². The number of unbranched alkanes of at least 4 members (excludes halogenated alkanes) is 3. The van der Waals surface area contributed by atoms with Crippen LogP contribution < -0.4 is 0 Å². The van der Waals surface area contributed by atoms with Crippen molar-refractivity contribution in [2.45, 2.75) is 39.0 Å². The Morgan fingerprint density at radius 3 is 2.85 bits per heavy atom. The van der Waals surface area contributed by atoms with E-state index in [1.165, 1.54) is 19.3 Å². The van der Waals surface area contributed by atoms with Crippen molar-refractivity contribution in [3.63, 3.8) is 0 Å². The van der Waals surface area contributed by atoms with Gasteiger partial charge in [0, 0.05) is 18.7 Å². The maximum Gasteiger partial charge on any atom is 0.223 e. The van der Waals surface area contributed by atoms with E-state index in [1.807, 2.05) is 16.7 Å². The van der Waals surface area contributed by atoms with E-state index in [1.54, 1.807) is 0 Å². The Morgan fingerprint density at radius 2 is 2.23 bits per heavy atom. The van der Waals surface area contributed by atoms with E-state index in [0.717, 1.165) is 31.0 Å². The molecule has 0 aromatic heterocycles. The van der Waals surface area contributed by atoms with Crippen LogP contribution in [0.4, 0.5) is 0 Å². The molecular weight excluding hydrogens is 182 g/mol. The second-order valence-corrected chi connectivity index (χ2v) is 4.58. The quantitative estimate of drug-likeness (QED) is 0.637. The molecule has 0 radical (unpaired) electrons. The van der Waals surface area contributed by atoms with Gasteiger partial charge in [0.25, 0.3) is 0 Å². The Hall–Kier alpha value is -0.180. The van der Waals surface area contributed by atoms with Gasteiger partial charge in [0.1, 0.15) is 0 Å². The summed E-state index contributed by atoms with van der Waals surface area (Å²) in [7, 11) is 0. The highest BCUT2D eigenvalue weighted by molar-refractivity contribution is 7.99. The second kappa shape index (κ2) is 6.30. The molecule has 1 aliphatic rings. The highest BCUT2D eigenvalue weighted by Gasteiger charge is 2.16. The van der Waals surface area contributed by atoms with Gasteiger partial charge in [0.2, 0.25) is 5.91 Å². The molecule has 0 bridgehead atoms. The third-order valence-corrected chi connectivity index (χ3v) is 3.32. The number of nitrogens with zero attached hydrogens (tertiary/aromatic N) is 1. The van der Waals surface area contributed by atoms with Crippen molar-refractivity contribution >= 4 is 17.7 Å². The Kier molecular flexibility index (Phi) is 5.28. The fourth-order valence-corrected chi connectivity index (χ4v) is 2.44. The van der Waals surface area contributed by atoms with Crippen molar-refractivity contribution in [1.82, 2.24) is 4.90 Å². The van der Waals surface area contributed by atoms with E-state index in [-0.39, 0.29) is 0 Å². The highest BCUT2D eigenvalue weighted by atomic mass is 32.2. The molecule has 0 aliphatic carbocycles. The van der Waals surface area contributed by atoms with Crippen LogP contribution in [0.1, 0.15) is 39.0 Å². The van der Waals surface area contributed by atoms with Gasteiger partial charge >= 0.3 is 0 Å². The first-order valence-corrected chi connectivity index (χ1v) is 6.35. The number of carbonyl (C=O) groups is 1. The van der Waals surface area contributed by atoms with E-state index in [2.05, 4.69) is 6.92 Å². The largest absolute Gasteiger partial charge is 0.333 e. The number of amides is 1. The molecule has 0 aromatic rings. The maximum absolute atomic E-state index is 11.5. The summed E-state index contributed by atoms with van der Waals surface area (Å²) in [6, 6.07) is 0. The molecule has 1 fully saturated rings. The van der Waals surface area contributed by atoms with Crippen LogP contribution in [0.25, 0.3) is 0 Å². The van der Waals surface area contributed by atoms with Gasteiger partial charge in [-0.25, -0.2) is 0 Å². The third-order valence-electron chi connectivity index (χ3n) is 2.35. The predicted octanol–water partition coefficient (Wildman–Crippen LogP) is 2.49. The Labute approximate surface area is 85.1 Å². The zero-order chi connectivity index (χ0) is 9.52. The summed E-state index contributed by atoms with van der Waals surface area (Å²) >= 11 is 1.86. The van der Waals surface area contributed by atoms with Crippen molar-refractivity contribution in [2.24, 2.45) is 0 Å². The van der Waals surface area contributed by atoms with Gasteiger partial charge < -0.3 is 4.90 Å². The van der Waals surface area contributed by atoms with Crippen LogP contribution in [0.3, 0.4) is 0 Å². The van der Waals surface area contributed by atoms with Crippen LogP contribution in [-0.4, -0.2) is 29.0 Å². The zero-order valence-corrected chi connectivity index (χ0v) is 9.24. The number of rotatable bonds is 5. The van der Waals surface area contributed by atoms with Gasteiger partial charge in [0.05, 0.1) is 5.88 Å². The van der Waals surface area contributed by atoms with E-state index < -0.39 is 0 Å². The van der Waals surface area contributed by atoms with E-state index in [0.29, 0.717) is 5.91 Å². The summed E-state index contributed by atoms with van der Waals surface area (Å²) in [4.78, 5) is 13.5. The van der Waals surface area contributed by atoms with Crippen LogP contribution in [0.5, 0.6) is 0 Å². The molecule has 1 amide bonds. The molecule has 13 heavy (non-hydrogen) atoms. The van der Waals surface area contributed by atoms with Gasteiger partial charge in [-0.15, -0.1) is 11.8 Å². The van der Waals surface area contributed by atoms with Crippen molar-refractivity contribution in [3.05, 3.63) is 0 Å². The summed E-state index contributed by atoms with van der Waals surface area (Å²) in [5.41, 5.74) is 0. The lowest BCUT2D eigenvalue weighted by Crippen LogP contribution is -2.27. The monoisotopic (exact) mass is 201 g/mol. The molecule has 0 atom stereocenters. The lowest BCUT2D eigenvalue weighted by Gasteiger charge is -2.13. The van der Waals surface area contributed by atoms with Crippen molar-refractivity contribution in [2.75, 3.05) is 18.2 Å². The van der Waals surface area contributed by atoms with E-state index in [9.17, 15) is 4.79 Å². The fourth-order valence-electron chi connectivity index (χ4n) is 1.47. The first-order chi connectivity index (χ1) is 6.34. The number of hydrogen-bond donors (Lipinski definition) is 0. The molecule has 1 heterocycles. The van der Waals surface area contributed by atoms with Crippen LogP contribution in [-0.2, 0) is 4.79 Å². The summed E-state index contributed by atoms with van der Waals surface area (Å²) in [5, 5.41) is 0. The Balaban J connectivity index is 2.03. The molecule has 1 rings (SSSR count). The molecule has 0 aromatic carbocycles. The lowest BCUT2D eigenvalue weighted by atomic mass is 10.1. The summed E-state index contributed by atoms with van der Waals surface area (Å²) < 4.78 is 0. The molecule has 76 valence electrons. The minimum Gasteiger partial charge on any atom is -0.333 e. The Bertz CT molecular complexity index is 155. The number of carbonyl (C=O) groups excluding carboxylic acids is 1. The first kappa shape index (κ1) is 10.9. The van der Waals surface area contributed by atoms with E-state index in [4.69, 9.17) is 0 Å². The third kappa shape index (κ3) is 4.03. The standard InChI is InChI=1S/C10H19NOS/c1-2-3-4-5-6-10(12)11-7-8-13-9-11/h2-9H2,1H3. The molecule has 1 saturated heterocycles. The SMILES string of the molecule is CCCCCCC(=O)N1CCSC1. The van der Waals surface area contributed by atoms with Crippen LogP contribution in [0.2, 0.25) is 0 Å². The number of hydrogen-bond acceptors (Lipinski definition) is 2. The highest BCUT2D eigenvalue weighted by Crippen LogP contribution is 2.15. The van der Waals surface area contributed by atoms with Gasteiger partial charge in [-0.2, -0.15) is 0 Å². The minimum absolute atomic E-state index is 0.362. The fraction of sp³-hybridized carbons (Fsp3) is 0.900. The molecule has 2 nitrogen and oxygen atoms in total. The molecule has 0 N–H and O–H groups in total. The van der Waals surface area contributed by atoms with Crippen LogP contribution >= 0.6 is 11.8 Å². The molecule has 0 saturated carbocycles. The Morgan fingerprint density at radius 1 is 1.38 bits per heavy atom. The average Bonchev–Trinajstić information content (AvgIpc) is 2.65. The molecule has 3 heteroatoms. The van der Waals surface area contributed by atoms with Gasteiger partial charge in [-0.1, -0.05) is 26.2 Å². The molecule has 0 unspecified atom stereocenters. The summed E-state index contributed by atoms with van der Waals surface area (Å²) in [5.74, 6) is 2.41. The summed E-state index contributed by atoms with van der Waals surface area (Å²) in [6.07, 6.45) is 5.56. The topological polar surface area (TPSA) is 20.3 Å². The summed E-state index contributed by atoms with van der Waals surface area (Å²) in [6.45, 7) is 3.16. The molecule has 0 spiro atoms. The van der Waals surface area contributed by atoms with Gasteiger partial charge in [-0.05, 0) is 6.42 Å². The van der Waals surface area contributed by atoms with Gasteiger partial charge in [-0.3, -0.25) is 4.79 Å². The van der Waals surface area contributed by atoms with Crippen LogP contribution in [0, 0.1) is 0 Å². The van der Waals surface area contributed by atoms with E-state index >= 15 is 0 Å². The van der Waals surface area contributed by atoms with Crippen molar-refractivity contribution < 1.29 is 4.79 Å². The van der Waals surface area contributed by atoms with Gasteiger partial charge in [0.15, 0.2) is 0 Å². The second-order valence-electron chi connectivity index (χ2n) is 3.51. The first-order valence-electron chi connectivity index (χ1n) is 5.20. The number of thioether (sulfide) groups is 1. The lowest BCUT2D eigenvalue weighted by molar-refractivity contribution is -0.129. The molecular formula is C10H19NOS. The minimum atomic E-state index is 0.362. The average molecular weight is 201 g/mol.